The lowest BCUT2D eigenvalue weighted by molar-refractivity contribution is -0.146. The van der Waals surface area contributed by atoms with Gasteiger partial charge in [0.15, 0.2) is 0 Å². The molecular formula is C14H16O5. The van der Waals surface area contributed by atoms with Gasteiger partial charge in [0, 0.05) is 0 Å². The summed E-state index contributed by atoms with van der Waals surface area (Å²) in [6.07, 6.45) is 0.468. The van der Waals surface area contributed by atoms with Crippen LogP contribution < -0.4 is 0 Å². The van der Waals surface area contributed by atoms with E-state index in [1.165, 1.54) is 6.07 Å². The first-order chi connectivity index (χ1) is 9.15. The van der Waals surface area contributed by atoms with Gasteiger partial charge in [-0.1, -0.05) is 18.2 Å². The molecule has 0 spiro atoms. The second-order valence-corrected chi connectivity index (χ2v) is 3.67. The van der Waals surface area contributed by atoms with Crippen LogP contribution in [0.15, 0.2) is 24.3 Å². The van der Waals surface area contributed by atoms with E-state index < -0.39 is 17.9 Å². The Hall–Kier alpha value is -2.17. The van der Waals surface area contributed by atoms with Gasteiger partial charge in [-0.2, -0.15) is 0 Å². The van der Waals surface area contributed by atoms with Crippen LogP contribution in [0.4, 0.5) is 0 Å². The minimum absolute atomic E-state index is 0.171. The highest BCUT2D eigenvalue weighted by Crippen LogP contribution is 2.21. The van der Waals surface area contributed by atoms with Gasteiger partial charge in [0.1, 0.15) is 12.2 Å². The Morgan fingerprint density at radius 2 is 1.79 bits per heavy atom. The van der Waals surface area contributed by atoms with Crippen molar-refractivity contribution >= 4 is 18.2 Å². The zero-order valence-corrected chi connectivity index (χ0v) is 10.9. The third kappa shape index (κ3) is 3.64. The number of rotatable bonds is 6. The summed E-state index contributed by atoms with van der Waals surface area (Å²) in [6.45, 7) is 3.73. The van der Waals surface area contributed by atoms with Crippen molar-refractivity contribution in [1.82, 2.24) is 0 Å². The molecule has 1 atom stereocenters. The largest absolute Gasteiger partial charge is 0.465 e. The van der Waals surface area contributed by atoms with Crippen LogP contribution in [-0.2, 0) is 19.1 Å². The standard InChI is InChI=1S/C14H16O5/c1-3-18-13(16)11-8-6-5-7-10(11)12(9-15)14(17)19-4-2/h5-9,12H,3-4H2,1-2H3. The first-order valence-electron chi connectivity index (χ1n) is 6.03. The van der Waals surface area contributed by atoms with Gasteiger partial charge >= 0.3 is 11.9 Å². The van der Waals surface area contributed by atoms with Gasteiger partial charge in [0.05, 0.1) is 18.8 Å². The van der Waals surface area contributed by atoms with E-state index in [0.29, 0.717) is 11.8 Å². The summed E-state index contributed by atoms with van der Waals surface area (Å²) >= 11 is 0. The average Bonchev–Trinajstić information content (AvgIpc) is 2.41. The quantitative estimate of drug-likeness (QED) is 0.444. The molecule has 1 aromatic rings. The number of ether oxygens (including phenoxy) is 2. The molecule has 0 bridgehead atoms. The van der Waals surface area contributed by atoms with E-state index in [9.17, 15) is 14.4 Å². The number of hydrogen-bond donors (Lipinski definition) is 0. The van der Waals surface area contributed by atoms with Crippen LogP contribution in [0.3, 0.4) is 0 Å². The van der Waals surface area contributed by atoms with E-state index in [4.69, 9.17) is 9.47 Å². The number of aldehydes is 1. The van der Waals surface area contributed by atoms with Gasteiger partial charge in [-0.25, -0.2) is 4.79 Å². The summed E-state index contributed by atoms with van der Waals surface area (Å²) in [5.41, 5.74) is 0.504. The van der Waals surface area contributed by atoms with Gasteiger partial charge in [-0.3, -0.25) is 4.79 Å². The van der Waals surface area contributed by atoms with E-state index in [2.05, 4.69) is 0 Å². The van der Waals surface area contributed by atoms with Crippen LogP contribution in [-0.4, -0.2) is 31.4 Å². The average molecular weight is 264 g/mol. The molecule has 0 saturated carbocycles. The minimum Gasteiger partial charge on any atom is -0.465 e. The number of carbonyl (C=O) groups excluding carboxylic acids is 3. The Balaban J connectivity index is 3.13. The molecule has 0 aliphatic heterocycles. The second-order valence-electron chi connectivity index (χ2n) is 3.67. The predicted molar refractivity (Wildman–Crippen MR) is 67.8 cm³/mol. The maximum absolute atomic E-state index is 11.8. The van der Waals surface area contributed by atoms with E-state index in [1.54, 1.807) is 32.0 Å². The van der Waals surface area contributed by atoms with Gasteiger partial charge in [-0.15, -0.1) is 0 Å². The summed E-state index contributed by atoms with van der Waals surface area (Å²) in [5, 5.41) is 0. The molecular weight excluding hydrogens is 248 g/mol. The molecule has 0 aliphatic rings. The summed E-state index contributed by atoms with van der Waals surface area (Å²) in [4.78, 5) is 34.6. The molecule has 1 unspecified atom stereocenters. The molecule has 102 valence electrons. The van der Waals surface area contributed by atoms with Gasteiger partial charge in [0.25, 0.3) is 0 Å². The van der Waals surface area contributed by atoms with Crippen molar-refractivity contribution in [3.05, 3.63) is 35.4 Å². The second kappa shape index (κ2) is 7.31. The summed E-state index contributed by atoms with van der Waals surface area (Å²) in [7, 11) is 0. The molecule has 0 saturated heterocycles. The highest BCUT2D eigenvalue weighted by Gasteiger charge is 2.26. The highest BCUT2D eigenvalue weighted by atomic mass is 16.5. The van der Waals surface area contributed by atoms with Crippen LogP contribution in [0.2, 0.25) is 0 Å². The Labute approximate surface area is 111 Å². The number of benzene rings is 1. The van der Waals surface area contributed by atoms with Crippen LogP contribution in [0.25, 0.3) is 0 Å². The molecule has 0 N–H and O–H groups in total. The molecule has 19 heavy (non-hydrogen) atoms. The van der Waals surface area contributed by atoms with Crippen molar-refractivity contribution < 1.29 is 23.9 Å². The molecule has 1 rings (SSSR count). The maximum Gasteiger partial charge on any atom is 0.338 e. The summed E-state index contributed by atoms with van der Waals surface area (Å²) in [6, 6.07) is 6.35. The fourth-order valence-corrected chi connectivity index (χ4v) is 1.65. The predicted octanol–water partition coefficient (Wildman–Crippen LogP) is 1.71. The Bertz CT molecular complexity index is 467. The smallest absolute Gasteiger partial charge is 0.338 e. The number of hydrogen-bond acceptors (Lipinski definition) is 5. The number of carbonyl (C=O) groups is 3. The Kier molecular flexibility index (Phi) is 5.73. The van der Waals surface area contributed by atoms with Crippen LogP contribution in [0.5, 0.6) is 0 Å². The van der Waals surface area contributed by atoms with Gasteiger partial charge in [0.2, 0.25) is 0 Å². The third-order valence-electron chi connectivity index (χ3n) is 2.47. The van der Waals surface area contributed by atoms with Crippen molar-refractivity contribution in [2.75, 3.05) is 13.2 Å². The summed E-state index contributed by atoms with van der Waals surface area (Å²) in [5.74, 6) is -2.34. The van der Waals surface area contributed by atoms with Gasteiger partial charge < -0.3 is 14.3 Å². The SMILES string of the molecule is CCOC(=O)c1ccccc1C(C=O)C(=O)OCC. The molecule has 0 heterocycles. The van der Waals surface area contributed by atoms with Crippen LogP contribution >= 0.6 is 0 Å². The molecule has 0 radical (unpaired) electrons. The fourth-order valence-electron chi connectivity index (χ4n) is 1.65. The summed E-state index contributed by atoms with van der Waals surface area (Å²) < 4.78 is 9.72. The van der Waals surface area contributed by atoms with E-state index in [-0.39, 0.29) is 18.8 Å². The van der Waals surface area contributed by atoms with E-state index >= 15 is 0 Å². The molecule has 0 fully saturated rings. The van der Waals surface area contributed by atoms with Crippen molar-refractivity contribution in [2.24, 2.45) is 0 Å². The molecule has 0 aromatic heterocycles. The lowest BCUT2D eigenvalue weighted by atomic mass is 9.95. The van der Waals surface area contributed by atoms with Crippen LogP contribution in [0.1, 0.15) is 35.7 Å². The first-order valence-corrected chi connectivity index (χ1v) is 6.03. The zero-order valence-electron chi connectivity index (χ0n) is 10.9. The molecule has 1 aromatic carbocycles. The minimum atomic E-state index is -1.11. The lowest BCUT2D eigenvalue weighted by Crippen LogP contribution is -2.20. The third-order valence-corrected chi connectivity index (χ3v) is 2.47. The number of esters is 2. The molecule has 5 nitrogen and oxygen atoms in total. The van der Waals surface area contributed by atoms with Crippen molar-refractivity contribution in [3.63, 3.8) is 0 Å². The Morgan fingerprint density at radius 3 is 2.37 bits per heavy atom. The maximum atomic E-state index is 11.8. The monoisotopic (exact) mass is 264 g/mol. The topological polar surface area (TPSA) is 69.7 Å². The fraction of sp³-hybridized carbons (Fsp3) is 0.357. The van der Waals surface area contributed by atoms with E-state index in [1.807, 2.05) is 0 Å². The highest BCUT2D eigenvalue weighted by molar-refractivity contribution is 5.99. The van der Waals surface area contributed by atoms with Crippen molar-refractivity contribution in [3.8, 4) is 0 Å². The van der Waals surface area contributed by atoms with Gasteiger partial charge in [-0.05, 0) is 25.5 Å². The molecule has 0 amide bonds. The first kappa shape index (κ1) is 14.9. The molecule has 5 heteroatoms. The Morgan fingerprint density at radius 1 is 1.16 bits per heavy atom. The van der Waals surface area contributed by atoms with E-state index in [0.717, 1.165) is 0 Å². The lowest BCUT2D eigenvalue weighted by Gasteiger charge is -2.13. The zero-order chi connectivity index (χ0) is 14.3. The normalized spacial score (nSPS) is 11.5. The van der Waals surface area contributed by atoms with Crippen molar-refractivity contribution in [2.45, 2.75) is 19.8 Å². The molecule has 0 aliphatic carbocycles. The van der Waals surface area contributed by atoms with Crippen LogP contribution in [0, 0.1) is 0 Å². The van der Waals surface area contributed by atoms with Crippen molar-refractivity contribution in [1.29, 1.82) is 0 Å².